The topological polar surface area (TPSA) is 160 Å². The molecule has 5 amide bonds. The molecule has 0 unspecified atom stereocenters. The molecule has 35 heavy (non-hydrogen) atoms. The van der Waals surface area contributed by atoms with Crippen molar-refractivity contribution in [2.75, 3.05) is 50.1 Å². The van der Waals surface area contributed by atoms with Crippen LogP contribution in [0.5, 0.6) is 5.75 Å². The summed E-state index contributed by atoms with van der Waals surface area (Å²) in [5.74, 6) is -2.52. The minimum Gasteiger partial charge on any atom is -0.549 e. The third-order valence-electron chi connectivity index (χ3n) is 5.66. The number of nitrogens with zero attached hydrogens (tertiary/aromatic N) is 2. The van der Waals surface area contributed by atoms with Crippen LogP contribution in [0.2, 0.25) is 0 Å². The van der Waals surface area contributed by atoms with Gasteiger partial charge in [-0.1, -0.05) is 6.07 Å². The Hall–Kier alpha value is -3.48. The van der Waals surface area contributed by atoms with Gasteiger partial charge in [-0.15, -0.1) is 11.8 Å². The smallest absolute Gasteiger partial charge is 0.321 e. The van der Waals surface area contributed by atoms with E-state index in [1.807, 2.05) is 0 Å². The number of hydrogen-bond acceptors (Lipinski definition) is 8. The number of carboxylic acid groups (broad SMARTS) is 1. The lowest BCUT2D eigenvalue weighted by atomic mass is 10.1. The van der Waals surface area contributed by atoms with E-state index < -0.39 is 35.9 Å². The standard InChI is InChI=1S/C22H29N5O7S/c1-34-15-5-2-4-14(10-15)24-22(33)26-8-9-27(18(28)12-35-13-19(29)30)17(11-26)21(32)25-16-6-3-7-23-20(16)31/h2,4-5,10,16-17H,3,6-9,11-13H2,1H3,(H,23,31)(H,24,33)(H,25,32)(H,29,30)/p-1/t16-,17-/m0/s1. The van der Waals surface area contributed by atoms with Gasteiger partial charge in [-0.3, -0.25) is 14.4 Å². The summed E-state index contributed by atoms with van der Waals surface area (Å²) in [6, 6.07) is 4.59. The highest BCUT2D eigenvalue weighted by Crippen LogP contribution is 2.19. The second-order valence-corrected chi connectivity index (χ2v) is 9.06. The first kappa shape index (κ1) is 26.1. The van der Waals surface area contributed by atoms with Crippen molar-refractivity contribution in [2.24, 2.45) is 0 Å². The first-order valence-corrected chi connectivity index (χ1v) is 12.3. The van der Waals surface area contributed by atoms with Crippen LogP contribution in [0, 0.1) is 0 Å². The van der Waals surface area contributed by atoms with Crippen LogP contribution in [0.25, 0.3) is 0 Å². The summed E-state index contributed by atoms with van der Waals surface area (Å²) in [7, 11) is 1.51. The maximum Gasteiger partial charge on any atom is 0.321 e. The lowest BCUT2D eigenvalue weighted by molar-refractivity contribution is -0.301. The van der Waals surface area contributed by atoms with Crippen LogP contribution in [0.4, 0.5) is 10.5 Å². The van der Waals surface area contributed by atoms with Crippen LogP contribution in [-0.4, -0.2) is 96.4 Å². The predicted molar refractivity (Wildman–Crippen MR) is 126 cm³/mol. The number of benzene rings is 1. The molecule has 13 heteroatoms. The average molecular weight is 507 g/mol. The molecule has 3 N–H and O–H groups in total. The Kier molecular flexibility index (Phi) is 9.18. The highest BCUT2D eigenvalue weighted by Gasteiger charge is 2.38. The summed E-state index contributed by atoms with van der Waals surface area (Å²) in [6.45, 7) is 0.686. The first-order chi connectivity index (χ1) is 16.8. The number of nitrogens with one attached hydrogen (secondary N) is 3. The number of rotatable bonds is 8. The Labute approximate surface area is 206 Å². The Morgan fingerprint density at radius 1 is 1.23 bits per heavy atom. The zero-order valence-corrected chi connectivity index (χ0v) is 20.1. The number of methoxy groups -OCH3 is 1. The van der Waals surface area contributed by atoms with Gasteiger partial charge < -0.3 is 40.4 Å². The number of urea groups is 1. The number of carbonyl (C=O) groups is 5. The summed E-state index contributed by atoms with van der Waals surface area (Å²) in [5, 5.41) is 18.8. The molecule has 2 aliphatic rings. The summed E-state index contributed by atoms with van der Waals surface area (Å²) >= 11 is 0.871. The fourth-order valence-electron chi connectivity index (χ4n) is 3.88. The maximum atomic E-state index is 13.1. The van der Waals surface area contributed by atoms with Crippen molar-refractivity contribution < 1.29 is 33.8 Å². The van der Waals surface area contributed by atoms with Gasteiger partial charge in [-0.05, 0) is 25.0 Å². The monoisotopic (exact) mass is 506 g/mol. The highest BCUT2D eigenvalue weighted by molar-refractivity contribution is 8.00. The Morgan fingerprint density at radius 3 is 2.74 bits per heavy atom. The molecule has 0 aromatic heterocycles. The molecule has 0 saturated carbocycles. The van der Waals surface area contributed by atoms with Gasteiger partial charge in [0.25, 0.3) is 0 Å². The van der Waals surface area contributed by atoms with Gasteiger partial charge in [-0.25, -0.2) is 4.79 Å². The molecule has 1 aromatic carbocycles. The number of hydrogen-bond donors (Lipinski definition) is 3. The summed E-state index contributed by atoms with van der Waals surface area (Å²) in [5.41, 5.74) is 0.506. The Balaban J connectivity index is 1.70. The molecular formula is C22H28N5O7S-. The maximum absolute atomic E-state index is 13.1. The van der Waals surface area contributed by atoms with Gasteiger partial charge in [0.2, 0.25) is 17.7 Å². The van der Waals surface area contributed by atoms with E-state index in [1.54, 1.807) is 24.3 Å². The normalized spacial score (nSPS) is 20.0. The largest absolute Gasteiger partial charge is 0.549 e. The molecule has 12 nitrogen and oxygen atoms in total. The lowest BCUT2D eigenvalue weighted by Crippen LogP contribution is -2.64. The highest BCUT2D eigenvalue weighted by atomic mass is 32.2. The first-order valence-electron chi connectivity index (χ1n) is 11.1. The molecule has 0 bridgehead atoms. The Bertz CT molecular complexity index is 975. The van der Waals surface area contributed by atoms with E-state index in [1.165, 1.54) is 16.9 Å². The molecule has 2 fully saturated rings. The van der Waals surface area contributed by atoms with Crippen LogP contribution < -0.4 is 25.8 Å². The van der Waals surface area contributed by atoms with Crippen molar-refractivity contribution in [1.82, 2.24) is 20.4 Å². The van der Waals surface area contributed by atoms with E-state index in [2.05, 4.69) is 16.0 Å². The third-order valence-corrected chi connectivity index (χ3v) is 6.55. The van der Waals surface area contributed by atoms with Crippen LogP contribution in [0.15, 0.2) is 24.3 Å². The minimum atomic E-state index is -1.29. The molecule has 0 radical (unpaired) electrons. The van der Waals surface area contributed by atoms with Crippen molar-refractivity contribution in [2.45, 2.75) is 24.9 Å². The van der Waals surface area contributed by atoms with Crippen LogP contribution in [0.1, 0.15) is 12.8 Å². The lowest BCUT2D eigenvalue weighted by Gasteiger charge is -2.41. The number of thioether (sulfide) groups is 1. The van der Waals surface area contributed by atoms with E-state index in [9.17, 15) is 29.1 Å². The van der Waals surface area contributed by atoms with Gasteiger partial charge in [0.05, 0.1) is 25.4 Å². The van der Waals surface area contributed by atoms with E-state index in [0.717, 1.165) is 11.8 Å². The van der Waals surface area contributed by atoms with Crippen LogP contribution in [-0.2, 0) is 19.2 Å². The fraction of sp³-hybridized carbons (Fsp3) is 0.500. The van der Waals surface area contributed by atoms with Crippen molar-refractivity contribution in [3.8, 4) is 5.75 Å². The van der Waals surface area contributed by atoms with Gasteiger partial charge in [0.15, 0.2) is 0 Å². The van der Waals surface area contributed by atoms with Crippen molar-refractivity contribution in [3.63, 3.8) is 0 Å². The van der Waals surface area contributed by atoms with Gasteiger partial charge in [-0.2, -0.15) is 0 Å². The molecular weight excluding hydrogens is 478 g/mol. The molecule has 2 saturated heterocycles. The molecule has 0 aliphatic carbocycles. The number of piperidine rings is 1. The zero-order valence-electron chi connectivity index (χ0n) is 19.3. The van der Waals surface area contributed by atoms with Gasteiger partial charge >= 0.3 is 6.03 Å². The second kappa shape index (κ2) is 12.3. The number of carboxylic acids is 1. The molecule has 2 aliphatic heterocycles. The number of piperazine rings is 1. The van der Waals surface area contributed by atoms with Gasteiger partial charge in [0.1, 0.15) is 17.8 Å². The molecule has 0 spiro atoms. The summed E-state index contributed by atoms with van der Waals surface area (Å²) < 4.78 is 5.16. The second-order valence-electron chi connectivity index (χ2n) is 8.07. The molecule has 3 rings (SSSR count). The third kappa shape index (κ3) is 7.25. The fourth-order valence-corrected chi connectivity index (χ4v) is 4.49. The number of amides is 5. The van der Waals surface area contributed by atoms with E-state index in [4.69, 9.17) is 4.74 Å². The van der Waals surface area contributed by atoms with Crippen LogP contribution in [0.3, 0.4) is 0 Å². The molecule has 2 atom stereocenters. The number of carbonyl (C=O) groups excluding carboxylic acids is 5. The Morgan fingerprint density at radius 2 is 2.03 bits per heavy atom. The SMILES string of the molecule is COc1cccc(NC(=O)N2CCN(C(=O)CSCC(=O)[O-])[C@H](C(=O)N[C@H]3CCCNC3=O)C2)c1. The summed E-state index contributed by atoms with van der Waals surface area (Å²) in [4.78, 5) is 64.4. The van der Waals surface area contributed by atoms with E-state index >= 15 is 0 Å². The predicted octanol–water partition coefficient (Wildman–Crippen LogP) is -1.38. The number of ether oxygens (including phenoxy) is 1. The van der Waals surface area contributed by atoms with Crippen molar-refractivity contribution in [1.29, 1.82) is 0 Å². The van der Waals surface area contributed by atoms with Crippen molar-refractivity contribution >= 4 is 47.2 Å². The zero-order chi connectivity index (χ0) is 25.4. The minimum absolute atomic E-state index is 0.0746. The molecule has 190 valence electrons. The van der Waals surface area contributed by atoms with Gasteiger partial charge in [0, 0.05) is 37.1 Å². The van der Waals surface area contributed by atoms with E-state index in [0.29, 0.717) is 30.8 Å². The molecule has 1 aromatic rings. The summed E-state index contributed by atoms with van der Waals surface area (Å²) in [6.07, 6.45) is 1.18. The molecule has 2 heterocycles. The van der Waals surface area contributed by atoms with Crippen LogP contribution >= 0.6 is 11.8 Å². The number of anilines is 1. The van der Waals surface area contributed by atoms with E-state index in [-0.39, 0.29) is 37.0 Å². The number of aliphatic carboxylic acids is 1. The van der Waals surface area contributed by atoms with Crippen molar-refractivity contribution in [3.05, 3.63) is 24.3 Å². The average Bonchev–Trinajstić information content (AvgIpc) is 2.84. The quantitative estimate of drug-likeness (QED) is 0.389.